The van der Waals surface area contributed by atoms with E-state index in [9.17, 15) is 4.79 Å². The largest absolute Gasteiger partial charge is 0.452 e. The van der Waals surface area contributed by atoms with Gasteiger partial charge in [0.1, 0.15) is 0 Å². The zero-order valence-electron chi connectivity index (χ0n) is 9.36. The molecule has 0 aliphatic rings. The van der Waals surface area contributed by atoms with E-state index in [2.05, 4.69) is 6.58 Å². The van der Waals surface area contributed by atoms with Gasteiger partial charge in [-0.25, -0.2) is 0 Å². The van der Waals surface area contributed by atoms with Crippen LogP contribution in [0.25, 0.3) is 0 Å². The van der Waals surface area contributed by atoms with Gasteiger partial charge in [0.25, 0.3) is 0 Å². The van der Waals surface area contributed by atoms with Crippen molar-refractivity contribution in [1.82, 2.24) is 0 Å². The Morgan fingerprint density at radius 3 is 2.62 bits per heavy atom. The van der Waals surface area contributed by atoms with Crippen molar-refractivity contribution in [3.8, 4) is 6.07 Å². The number of carbonyl (C=O) groups excluding carboxylic acids is 1. The maximum absolute atomic E-state index is 11.0. The van der Waals surface area contributed by atoms with Crippen LogP contribution in [0.4, 0.5) is 0 Å². The van der Waals surface area contributed by atoms with Crippen LogP contribution in [0.15, 0.2) is 36.4 Å². The van der Waals surface area contributed by atoms with Crippen LogP contribution in [0.3, 0.4) is 0 Å². The Balaban J connectivity index is 3.12. The van der Waals surface area contributed by atoms with Crippen molar-refractivity contribution in [2.24, 2.45) is 0 Å². The molecule has 0 heterocycles. The SMILES string of the molecule is C=C(C#N)C(OC(C)=O)c1ccccc1C. The van der Waals surface area contributed by atoms with Gasteiger partial charge in [0.15, 0.2) is 6.10 Å². The van der Waals surface area contributed by atoms with Crippen molar-refractivity contribution in [2.75, 3.05) is 0 Å². The molecule has 1 rings (SSSR count). The molecule has 0 aromatic heterocycles. The molecule has 0 saturated heterocycles. The molecular weight excluding hydrogens is 202 g/mol. The molecule has 3 heteroatoms. The molecule has 1 atom stereocenters. The molecular formula is C13H13NO2. The summed E-state index contributed by atoms with van der Waals surface area (Å²) >= 11 is 0. The molecule has 0 bridgehead atoms. The number of aryl methyl sites for hydroxylation is 1. The first kappa shape index (κ1) is 12.0. The molecule has 16 heavy (non-hydrogen) atoms. The topological polar surface area (TPSA) is 50.1 Å². The summed E-state index contributed by atoms with van der Waals surface area (Å²) in [5, 5.41) is 8.83. The Morgan fingerprint density at radius 1 is 1.50 bits per heavy atom. The minimum atomic E-state index is -0.677. The van der Waals surface area contributed by atoms with Crippen LogP contribution in [0, 0.1) is 18.3 Å². The summed E-state index contributed by atoms with van der Waals surface area (Å²) in [7, 11) is 0. The smallest absolute Gasteiger partial charge is 0.303 e. The lowest BCUT2D eigenvalue weighted by atomic mass is 9.99. The lowest BCUT2D eigenvalue weighted by molar-refractivity contribution is -0.144. The molecule has 1 aromatic rings. The molecule has 1 unspecified atom stereocenters. The molecule has 1 aromatic carbocycles. The van der Waals surface area contributed by atoms with Crippen LogP contribution in [-0.4, -0.2) is 5.97 Å². The molecule has 0 fully saturated rings. The quantitative estimate of drug-likeness (QED) is 0.575. The second kappa shape index (κ2) is 5.13. The summed E-state index contributed by atoms with van der Waals surface area (Å²) in [5.41, 5.74) is 1.99. The summed E-state index contributed by atoms with van der Waals surface area (Å²) in [6.45, 7) is 6.82. The van der Waals surface area contributed by atoms with Crippen molar-refractivity contribution in [3.63, 3.8) is 0 Å². The average Bonchev–Trinajstić information content (AvgIpc) is 2.26. The third-order valence-electron chi connectivity index (χ3n) is 2.21. The maximum atomic E-state index is 11.0. The molecule has 0 saturated carbocycles. The van der Waals surface area contributed by atoms with Gasteiger partial charge >= 0.3 is 5.97 Å². The van der Waals surface area contributed by atoms with Gasteiger partial charge in [-0.15, -0.1) is 0 Å². The van der Waals surface area contributed by atoms with Crippen LogP contribution >= 0.6 is 0 Å². The third-order valence-corrected chi connectivity index (χ3v) is 2.21. The first-order chi connectivity index (χ1) is 7.56. The Morgan fingerprint density at radius 2 is 2.12 bits per heavy atom. The van der Waals surface area contributed by atoms with Crippen molar-refractivity contribution in [3.05, 3.63) is 47.5 Å². The predicted molar refractivity (Wildman–Crippen MR) is 60.4 cm³/mol. The van der Waals surface area contributed by atoms with Crippen LogP contribution in [0.5, 0.6) is 0 Å². The Labute approximate surface area is 95.0 Å². The fourth-order valence-corrected chi connectivity index (χ4v) is 1.43. The summed E-state index contributed by atoms with van der Waals surface area (Å²) in [6.07, 6.45) is -0.677. The van der Waals surface area contributed by atoms with Crippen LogP contribution < -0.4 is 0 Å². The van der Waals surface area contributed by atoms with Crippen molar-refractivity contribution < 1.29 is 9.53 Å². The van der Waals surface area contributed by atoms with E-state index in [1.54, 1.807) is 0 Å². The van der Waals surface area contributed by atoms with E-state index in [1.165, 1.54) is 6.92 Å². The average molecular weight is 215 g/mol. The number of nitriles is 1. The van der Waals surface area contributed by atoms with E-state index in [1.807, 2.05) is 37.3 Å². The third kappa shape index (κ3) is 2.71. The minimum absolute atomic E-state index is 0.226. The second-order valence-electron chi connectivity index (χ2n) is 3.48. The van der Waals surface area contributed by atoms with E-state index >= 15 is 0 Å². The van der Waals surface area contributed by atoms with E-state index in [4.69, 9.17) is 10.00 Å². The van der Waals surface area contributed by atoms with E-state index < -0.39 is 12.1 Å². The number of hydrogen-bond acceptors (Lipinski definition) is 3. The number of rotatable bonds is 3. The Kier molecular flexibility index (Phi) is 3.84. The van der Waals surface area contributed by atoms with Crippen LogP contribution in [0.1, 0.15) is 24.2 Å². The molecule has 0 aliphatic heterocycles. The number of esters is 1. The Bertz CT molecular complexity index is 457. The van der Waals surface area contributed by atoms with Crippen LogP contribution in [0.2, 0.25) is 0 Å². The first-order valence-corrected chi connectivity index (χ1v) is 4.88. The zero-order chi connectivity index (χ0) is 12.1. The standard InChI is InChI=1S/C13H13NO2/c1-9-6-4-5-7-12(9)13(10(2)8-14)16-11(3)15/h4-7,13H,2H2,1,3H3. The van der Waals surface area contributed by atoms with Gasteiger partial charge in [-0.2, -0.15) is 5.26 Å². The normalized spacial score (nSPS) is 11.3. The second-order valence-corrected chi connectivity index (χ2v) is 3.48. The van der Waals surface area contributed by atoms with Gasteiger partial charge < -0.3 is 4.74 Å². The summed E-state index contributed by atoms with van der Waals surface area (Å²) in [4.78, 5) is 11.0. The van der Waals surface area contributed by atoms with Crippen molar-refractivity contribution in [2.45, 2.75) is 20.0 Å². The predicted octanol–water partition coefficient (Wildman–Crippen LogP) is 2.68. The van der Waals surface area contributed by atoms with Crippen LogP contribution in [-0.2, 0) is 9.53 Å². The van der Waals surface area contributed by atoms with Gasteiger partial charge in [0.2, 0.25) is 0 Å². The monoisotopic (exact) mass is 215 g/mol. The van der Waals surface area contributed by atoms with Crippen molar-refractivity contribution in [1.29, 1.82) is 5.26 Å². The highest BCUT2D eigenvalue weighted by molar-refractivity contribution is 5.67. The van der Waals surface area contributed by atoms with Gasteiger partial charge in [0.05, 0.1) is 11.6 Å². The molecule has 0 aliphatic carbocycles. The van der Waals surface area contributed by atoms with Gasteiger partial charge in [0, 0.05) is 12.5 Å². The van der Waals surface area contributed by atoms with Gasteiger partial charge in [-0.1, -0.05) is 30.8 Å². The number of carbonyl (C=O) groups is 1. The lowest BCUT2D eigenvalue weighted by Gasteiger charge is -2.17. The molecule has 82 valence electrons. The molecule has 0 amide bonds. The molecule has 0 spiro atoms. The highest BCUT2D eigenvalue weighted by Crippen LogP contribution is 2.27. The fraction of sp³-hybridized carbons (Fsp3) is 0.231. The molecule has 0 radical (unpaired) electrons. The fourth-order valence-electron chi connectivity index (χ4n) is 1.43. The zero-order valence-corrected chi connectivity index (χ0v) is 9.36. The van der Waals surface area contributed by atoms with Gasteiger partial charge in [-0.05, 0) is 12.5 Å². The summed E-state index contributed by atoms with van der Waals surface area (Å²) in [6, 6.07) is 9.37. The van der Waals surface area contributed by atoms with Crippen molar-refractivity contribution >= 4 is 5.97 Å². The number of ether oxygens (including phenoxy) is 1. The summed E-state index contributed by atoms with van der Waals surface area (Å²) < 4.78 is 5.11. The lowest BCUT2D eigenvalue weighted by Crippen LogP contribution is -2.11. The maximum Gasteiger partial charge on any atom is 0.303 e. The summed E-state index contributed by atoms with van der Waals surface area (Å²) in [5.74, 6) is -0.426. The Hall–Kier alpha value is -2.08. The first-order valence-electron chi connectivity index (χ1n) is 4.88. The molecule has 3 nitrogen and oxygen atoms in total. The van der Waals surface area contributed by atoms with E-state index in [-0.39, 0.29) is 5.57 Å². The minimum Gasteiger partial charge on any atom is -0.452 e. The highest BCUT2D eigenvalue weighted by Gasteiger charge is 2.19. The number of nitrogens with zero attached hydrogens (tertiary/aromatic N) is 1. The van der Waals surface area contributed by atoms with E-state index in [0.717, 1.165) is 11.1 Å². The number of benzene rings is 1. The molecule has 0 N–H and O–H groups in total. The number of hydrogen-bond donors (Lipinski definition) is 0. The van der Waals surface area contributed by atoms with E-state index in [0.29, 0.717) is 0 Å². The highest BCUT2D eigenvalue weighted by atomic mass is 16.5. The van der Waals surface area contributed by atoms with Gasteiger partial charge in [-0.3, -0.25) is 4.79 Å².